The summed E-state index contributed by atoms with van der Waals surface area (Å²) in [6, 6.07) is -0.334. The fourth-order valence-corrected chi connectivity index (χ4v) is 1.54. The van der Waals surface area contributed by atoms with Crippen molar-refractivity contribution in [3.05, 3.63) is 23.1 Å². The van der Waals surface area contributed by atoms with Crippen LogP contribution in [0.15, 0.2) is 23.1 Å². The molecule has 0 bridgehead atoms. The first-order valence-corrected chi connectivity index (χ1v) is 5.25. The number of hydrogen-bond donors (Lipinski definition) is 3. The van der Waals surface area contributed by atoms with Gasteiger partial charge in [0.1, 0.15) is 5.76 Å². The van der Waals surface area contributed by atoms with Crippen LogP contribution in [-0.2, 0) is 14.6 Å². The van der Waals surface area contributed by atoms with Crippen molar-refractivity contribution in [3.8, 4) is 0 Å². The van der Waals surface area contributed by atoms with E-state index in [-0.39, 0.29) is 23.9 Å². The quantitative estimate of drug-likeness (QED) is 0.548. The summed E-state index contributed by atoms with van der Waals surface area (Å²) in [5.74, 6) is -0.0226. The van der Waals surface area contributed by atoms with Gasteiger partial charge < -0.3 is 15.7 Å². The molecular formula is C7H12N2O4S. The second-order valence-corrected chi connectivity index (χ2v) is 4.11. The van der Waals surface area contributed by atoms with Crippen LogP contribution in [0.25, 0.3) is 0 Å². The average Bonchev–Trinajstić information content (AvgIpc) is 1.97. The zero-order valence-electron chi connectivity index (χ0n) is 7.60. The lowest BCUT2D eigenvalue weighted by Crippen LogP contribution is -2.28. The second kappa shape index (κ2) is 3.60. The molecule has 14 heavy (non-hydrogen) atoms. The van der Waals surface area contributed by atoms with Crippen LogP contribution in [0.5, 0.6) is 0 Å². The molecule has 5 N–H and O–H groups in total. The normalized spacial score (nSPS) is 23.4. The van der Waals surface area contributed by atoms with Gasteiger partial charge in [-0.05, 0) is 13.0 Å². The zero-order valence-corrected chi connectivity index (χ0v) is 8.41. The van der Waals surface area contributed by atoms with Crippen molar-refractivity contribution >= 4 is 10.4 Å². The summed E-state index contributed by atoms with van der Waals surface area (Å²) >= 11 is 0. The van der Waals surface area contributed by atoms with E-state index in [1.807, 2.05) is 0 Å². The Balaban J connectivity index is 2.95. The molecule has 0 saturated heterocycles. The third-order valence-corrected chi connectivity index (χ3v) is 2.31. The molecule has 0 aromatic heterocycles. The van der Waals surface area contributed by atoms with Crippen LogP contribution < -0.4 is 11.5 Å². The Labute approximate surface area is 82.2 Å². The highest BCUT2D eigenvalue weighted by molar-refractivity contribution is 7.81. The molecule has 1 aliphatic rings. The number of allylic oxidation sites excluding steroid dienone is 1. The van der Waals surface area contributed by atoms with E-state index in [0.29, 0.717) is 0 Å². The van der Waals surface area contributed by atoms with Crippen LogP contribution in [0.1, 0.15) is 13.3 Å². The van der Waals surface area contributed by atoms with E-state index in [1.165, 1.54) is 6.08 Å². The smallest absolute Gasteiger partial charge is 0.396 e. The van der Waals surface area contributed by atoms with E-state index in [0.717, 1.165) is 5.57 Å². The first-order chi connectivity index (χ1) is 6.29. The number of rotatable bonds is 2. The topological polar surface area (TPSA) is 116 Å². The molecule has 0 fully saturated rings. The van der Waals surface area contributed by atoms with Gasteiger partial charge in [0.25, 0.3) is 0 Å². The minimum absolute atomic E-state index is 0.0226. The summed E-state index contributed by atoms with van der Waals surface area (Å²) in [6.07, 6.45) is 1.68. The van der Waals surface area contributed by atoms with Crippen LogP contribution in [0.2, 0.25) is 0 Å². The predicted molar refractivity (Wildman–Crippen MR) is 50.2 cm³/mol. The molecule has 1 unspecified atom stereocenters. The standard InChI is InChI=1S/C7H12N2O4S/c1-4-2-6(9)7(3-5(4)8)13-14(10,11)12/h2,5H,3,8-9H2,1H3,(H,10,11,12). The van der Waals surface area contributed by atoms with Crippen molar-refractivity contribution in [3.63, 3.8) is 0 Å². The summed E-state index contributed by atoms with van der Waals surface area (Å²) in [7, 11) is -4.52. The van der Waals surface area contributed by atoms with Crippen LogP contribution in [0, 0.1) is 0 Å². The average molecular weight is 220 g/mol. The fourth-order valence-electron chi connectivity index (χ4n) is 1.12. The third kappa shape index (κ3) is 2.72. The predicted octanol–water partition coefficient (Wildman–Crippen LogP) is -0.347. The summed E-state index contributed by atoms with van der Waals surface area (Å²) in [4.78, 5) is 0. The van der Waals surface area contributed by atoms with Gasteiger partial charge in [0.05, 0.1) is 5.70 Å². The molecule has 0 aromatic carbocycles. The second-order valence-electron chi connectivity index (χ2n) is 3.09. The minimum Gasteiger partial charge on any atom is -0.396 e. The minimum atomic E-state index is -4.52. The Hall–Kier alpha value is -1.05. The van der Waals surface area contributed by atoms with Crippen molar-refractivity contribution in [2.75, 3.05) is 0 Å². The molecule has 0 aromatic rings. The van der Waals surface area contributed by atoms with Gasteiger partial charge in [0.2, 0.25) is 0 Å². The molecule has 6 nitrogen and oxygen atoms in total. The SMILES string of the molecule is CC1=CC(N)=C(OS(=O)(=O)O)CC1N. The number of hydrogen-bond acceptors (Lipinski definition) is 5. The van der Waals surface area contributed by atoms with Gasteiger partial charge in [-0.3, -0.25) is 4.55 Å². The van der Waals surface area contributed by atoms with Crippen molar-refractivity contribution < 1.29 is 17.2 Å². The Morgan fingerprint density at radius 1 is 1.64 bits per heavy atom. The summed E-state index contributed by atoms with van der Waals surface area (Å²) in [5, 5.41) is 0. The molecule has 0 spiro atoms. The fraction of sp³-hybridized carbons (Fsp3) is 0.429. The number of nitrogens with two attached hydrogens (primary N) is 2. The molecule has 1 atom stereocenters. The maximum atomic E-state index is 10.4. The highest BCUT2D eigenvalue weighted by atomic mass is 32.3. The van der Waals surface area contributed by atoms with Crippen molar-refractivity contribution in [2.24, 2.45) is 11.5 Å². The first kappa shape index (κ1) is 11.0. The molecule has 0 amide bonds. The maximum Gasteiger partial charge on any atom is 0.446 e. The molecule has 0 radical (unpaired) electrons. The molecule has 0 aliphatic heterocycles. The van der Waals surface area contributed by atoms with E-state index in [2.05, 4.69) is 4.18 Å². The van der Waals surface area contributed by atoms with Gasteiger partial charge in [-0.25, -0.2) is 0 Å². The molecule has 80 valence electrons. The van der Waals surface area contributed by atoms with Crippen LogP contribution >= 0.6 is 0 Å². The van der Waals surface area contributed by atoms with Gasteiger partial charge in [-0.15, -0.1) is 0 Å². The van der Waals surface area contributed by atoms with E-state index in [9.17, 15) is 8.42 Å². The largest absolute Gasteiger partial charge is 0.446 e. The van der Waals surface area contributed by atoms with Crippen molar-refractivity contribution in [1.82, 2.24) is 0 Å². The third-order valence-electron chi connectivity index (χ3n) is 1.90. The summed E-state index contributed by atoms with van der Waals surface area (Å²) in [6.45, 7) is 1.78. The monoisotopic (exact) mass is 220 g/mol. The lowest BCUT2D eigenvalue weighted by Gasteiger charge is -2.20. The van der Waals surface area contributed by atoms with Crippen LogP contribution in [0.4, 0.5) is 0 Å². The Morgan fingerprint density at radius 2 is 2.21 bits per heavy atom. The lowest BCUT2D eigenvalue weighted by molar-refractivity contribution is 0.315. The van der Waals surface area contributed by atoms with Crippen molar-refractivity contribution in [1.29, 1.82) is 0 Å². The molecule has 7 heteroatoms. The highest BCUT2D eigenvalue weighted by Gasteiger charge is 2.21. The molecule has 1 rings (SSSR count). The van der Waals surface area contributed by atoms with Gasteiger partial charge in [-0.2, -0.15) is 8.42 Å². The van der Waals surface area contributed by atoms with Gasteiger partial charge in [0.15, 0.2) is 0 Å². The lowest BCUT2D eigenvalue weighted by atomic mass is 9.98. The highest BCUT2D eigenvalue weighted by Crippen LogP contribution is 2.22. The zero-order chi connectivity index (χ0) is 10.9. The maximum absolute atomic E-state index is 10.4. The van der Waals surface area contributed by atoms with Crippen LogP contribution in [0.3, 0.4) is 0 Å². The molecular weight excluding hydrogens is 208 g/mol. The molecule has 0 saturated carbocycles. The summed E-state index contributed by atoms with van der Waals surface area (Å²) < 4.78 is 33.5. The first-order valence-electron chi connectivity index (χ1n) is 3.89. The van der Waals surface area contributed by atoms with E-state index in [1.54, 1.807) is 6.92 Å². The Bertz CT molecular complexity index is 396. The van der Waals surface area contributed by atoms with Crippen molar-refractivity contribution in [2.45, 2.75) is 19.4 Å². The van der Waals surface area contributed by atoms with Gasteiger partial charge in [0, 0.05) is 12.5 Å². The van der Waals surface area contributed by atoms with Gasteiger partial charge in [-0.1, -0.05) is 5.57 Å². The van der Waals surface area contributed by atoms with Gasteiger partial charge >= 0.3 is 10.4 Å². The van der Waals surface area contributed by atoms with Crippen LogP contribution in [-0.4, -0.2) is 19.0 Å². The van der Waals surface area contributed by atoms with E-state index < -0.39 is 10.4 Å². The molecule has 0 heterocycles. The Kier molecular flexibility index (Phi) is 2.84. The Morgan fingerprint density at radius 3 is 2.71 bits per heavy atom. The summed E-state index contributed by atoms with van der Waals surface area (Å²) in [5.41, 5.74) is 12.1. The van der Waals surface area contributed by atoms with E-state index >= 15 is 0 Å². The van der Waals surface area contributed by atoms with E-state index in [4.69, 9.17) is 16.0 Å². The molecule has 1 aliphatic carbocycles.